The second kappa shape index (κ2) is 4.78. The average Bonchev–Trinajstić information content (AvgIpc) is 2.82. The number of hydrogen-bond acceptors (Lipinski definition) is 2. The van der Waals surface area contributed by atoms with Gasteiger partial charge in [0.15, 0.2) is 0 Å². The van der Waals surface area contributed by atoms with Crippen LogP contribution < -0.4 is 0 Å². The quantitative estimate of drug-likeness (QED) is 0.805. The van der Waals surface area contributed by atoms with Gasteiger partial charge in [-0.15, -0.1) is 10.2 Å². The van der Waals surface area contributed by atoms with E-state index in [1.54, 1.807) is 12.1 Å². The van der Waals surface area contributed by atoms with Gasteiger partial charge in [0, 0.05) is 10.6 Å². The Bertz CT molecular complexity index is 688. The Morgan fingerprint density at radius 3 is 2.16 bits per heavy atom. The Hall–Kier alpha value is -2.26. The van der Waals surface area contributed by atoms with E-state index in [4.69, 9.17) is 11.6 Å². The molecule has 0 bridgehead atoms. The lowest BCUT2D eigenvalue weighted by Crippen LogP contribution is -1.95. The molecule has 2 aromatic rings. The van der Waals surface area contributed by atoms with Gasteiger partial charge < -0.3 is 0 Å². The third kappa shape index (κ3) is 2.20. The van der Waals surface area contributed by atoms with Gasteiger partial charge in [-0.2, -0.15) is 0 Å². The minimum Gasteiger partial charge on any atom is -0.265 e. The number of benzene rings is 2. The molecular formula is C15H9ClN2O. The van der Waals surface area contributed by atoms with Crippen LogP contribution in [-0.4, -0.2) is 5.91 Å². The predicted octanol–water partition coefficient (Wildman–Crippen LogP) is 4.20. The molecule has 0 aliphatic carbocycles. The molecule has 1 amide bonds. The number of carbonyl (C=O) groups is 1. The Kier molecular flexibility index (Phi) is 2.97. The smallest absolute Gasteiger partial charge is 0.265 e. The van der Waals surface area contributed by atoms with Crippen molar-refractivity contribution in [3.05, 3.63) is 70.7 Å². The summed E-state index contributed by atoms with van der Waals surface area (Å²) in [5.41, 5.74) is 2.77. The monoisotopic (exact) mass is 268 g/mol. The van der Waals surface area contributed by atoms with Crippen LogP contribution in [0.5, 0.6) is 0 Å². The Morgan fingerprint density at radius 2 is 1.47 bits per heavy atom. The number of hydrogen-bond donors (Lipinski definition) is 0. The van der Waals surface area contributed by atoms with Crippen molar-refractivity contribution in [1.82, 2.24) is 0 Å². The summed E-state index contributed by atoms with van der Waals surface area (Å²) in [7, 11) is 0. The first-order valence-corrected chi connectivity index (χ1v) is 6.15. The summed E-state index contributed by atoms with van der Waals surface area (Å²) in [6, 6.07) is 16.6. The summed E-state index contributed by atoms with van der Waals surface area (Å²) in [6.45, 7) is 0. The van der Waals surface area contributed by atoms with E-state index in [2.05, 4.69) is 10.2 Å². The SMILES string of the molecule is O=C1N=NC(c2ccc(Cl)cc2)=C1c1ccccc1. The van der Waals surface area contributed by atoms with E-state index in [9.17, 15) is 4.79 Å². The van der Waals surface area contributed by atoms with Crippen molar-refractivity contribution in [2.45, 2.75) is 0 Å². The molecule has 1 aliphatic rings. The summed E-state index contributed by atoms with van der Waals surface area (Å²) in [4.78, 5) is 11.9. The van der Waals surface area contributed by atoms with Crippen LogP contribution in [0.1, 0.15) is 11.1 Å². The van der Waals surface area contributed by atoms with Gasteiger partial charge in [0.05, 0.1) is 5.57 Å². The van der Waals surface area contributed by atoms with Crippen molar-refractivity contribution in [3.63, 3.8) is 0 Å². The van der Waals surface area contributed by atoms with E-state index >= 15 is 0 Å². The van der Waals surface area contributed by atoms with Crippen LogP contribution in [-0.2, 0) is 4.79 Å². The van der Waals surface area contributed by atoms with Crippen LogP contribution in [0, 0.1) is 0 Å². The molecule has 1 heterocycles. The van der Waals surface area contributed by atoms with Gasteiger partial charge in [0.1, 0.15) is 5.70 Å². The number of nitrogens with zero attached hydrogens (tertiary/aromatic N) is 2. The maximum atomic E-state index is 11.9. The van der Waals surface area contributed by atoms with Gasteiger partial charge in [-0.1, -0.05) is 54.1 Å². The van der Waals surface area contributed by atoms with Crippen LogP contribution in [0.3, 0.4) is 0 Å². The van der Waals surface area contributed by atoms with Crippen LogP contribution in [0.15, 0.2) is 64.8 Å². The van der Waals surface area contributed by atoms with E-state index in [0.29, 0.717) is 16.3 Å². The fourth-order valence-electron chi connectivity index (χ4n) is 1.97. The summed E-state index contributed by atoms with van der Waals surface area (Å²) in [6.07, 6.45) is 0. The normalized spacial score (nSPS) is 14.3. The second-order valence-electron chi connectivity index (χ2n) is 4.10. The molecule has 0 aromatic heterocycles. The van der Waals surface area contributed by atoms with Crippen molar-refractivity contribution in [3.8, 4) is 0 Å². The molecule has 0 spiro atoms. The molecule has 0 radical (unpaired) electrons. The van der Waals surface area contributed by atoms with Gasteiger partial charge in [-0.3, -0.25) is 4.79 Å². The number of carbonyl (C=O) groups excluding carboxylic acids is 1. The highest BCUT2D eigenvalue weighted by atomic mass is 35.5. The fourth-order valence-corrected chi connectivity index (χ4v) is 2.10. The molecule has 0 atom stereocenters. The lowest BCUT2D eigenvalue weighted by atomic mass is 10.0. The van der Waals surface area contributed by atoms with E-state index in [1.807, 2.05) is 42.5 Å². The van der Waals surface area contributed by atoms with E-state index in [1.165, 1.54) is 0 Å². The Labute approximate surface area is 115 Å². The van der Waals surface area contributed by atoms with Gasteiger partial charge >= 0.3 is 0 Å². The third-order valence-electron chi connectivity index (χ3n) is 2.87. The molecule has 19 heavy (non-hydrogen) atoms. The van der Waals surface area contributed by atoms with Crippen LogP contribution in [0.2, 0.25) is 5.02 Å². The van der Waals surface area contributed by atoms with Crippen LogP contribution in [0.25, 0.3) is 11.3 Å². The van der Waals surface area contributed by atoms with E-state index in [-0.39, 0.29) is 5.91 Å². The molecule has 0 saturated heterocycles. The molecule has 0 unspecified atom stereocenters. The molecule has 0 N–H and O–H groups in total. The van der Waals surface area contributed by atoms with Crippen LogP contribution in [0.4, 0.5) is 0 Å². The van der Waals surface area contributed by atoms with Crippen molar-refractivity contribution >= 4 is 28.8 Å². The first kappa shape index (κ1) is 11.8. The second-order valence-corrected chi connectivity index (χ2v) is 4.54. The highest BCUT2D eigenvalue weighted by Gasteiger charge is 2.23. The van der Waals surface area contributed by atoms with Crippen molar-refractivity contribution in [2.24, 2.45) is 10.2 Å². The summed E-state index contributed by atoms with van der Waals surface area (Å²) < 4.78 is 0. The molecule has 4 heteroatoms. The van der Waals surface area contributed by atoms with Gasteiger partial charge in [-0.05, 0) is 17.7 Å². The van der Waals surface area contributed by atoms with Gasteiger partial charge in [0.25, 0.3) is 5.91 Å². The highest BCUT2D eigenvalue weighted by molar-refractivity contribution is 6.31. The van der Waals surface area contributed by atoms with Crippen molar-refractivity contribution in [2.75, 3.05) is 0 Å². The van der Waals surface area contributed by atoms with Crippen molar-refractivity contribution in [1.29, 1.82) is 0 Å². The lowest BCUT2D eigenvalue weighted by Gasteiger charge is -2.03. The van der Waals surface area contributed by atoms with E-state index in [0.717, 1.165) is 11.1 Å². The largest absolute Gasteiger partial charge is 0.298 e. The maximum absolute atomic E-state index is 11.9. The minimum absolute atomic E-state index is 0.309. The maximum Gasteiger partial charge on any atom is 0.298 e. The highest BCUT2D eigenvalue weighted by Crippen LogP contribution is 2.33. The molecule has 2 aromatic carbocycles. The number of amides is 1. The summed E-state index contributed by atoms with van der Waals surface area (Å²) >= 11 is 5.86. The molecule has 3 nitrogen and oxygen atoms in total. The lowest BCUT2D eigenvalue weighted by molar-refractivity contribution is -0.112. The number of rotatable bonds is 2. The zero-order valence-corrected chi connectivity index (χ0v) is 10.6. The number of halogens is 1. The topological polar surface area (TPSA) is 41.8 Å². The zero-order chi connectivity index (χ0) is 13.2. The van der Waals surface area contributed by atoms with Crippen LogP contribution >= 0.6 is 11.6 Å². The molecule has 3 rings (SSSR count). The molecule has 0 saturated carbocycles. The summed E-state index contributed by atoms with van der Waals surface area (Å²) in [5.74, 6) is -0.309. The molecule has 1 aliphatic heterocycles. The predicted molar refractivity (Wildman–Crippen MR) is 74.6 cm³/mol. The fraction of sp³-hybridized carbons (Fsp3) is 0. The third-order valence-corrected chi connectivity index (χ3v) is 3.12. The Morgan fingerprint density at radius 1 is 0.789 bits per heavy atom. The van der Waals surface area contributed by atoms with Gasteiger partial charge in [-0.25, -0.2) is 0 Å². The zero-order valence-electron chi connectivity index (χ0n) is 9.88. The first-order chi connectivity index (χ1) is 9.25. The molecular weight excluding hydrogens is 260 g/mol. The standard InChI is InChI=1S/C15H9ClN2O/c16-12-8-6-11(7-9-12)14-13(15(19)18-17-14)10-4-2-1-3-5-10/h1-9H. The molecule has 92 valence electrons. The summed E-state index contributed by atoms with van der Waals surface area (Å²) in [5, 5.41) is 8.28. The first-order valence-electron chi connectivity index (χ1n) is 5.77. The number of azo groups is 1. The average molecular weight is 269 g/mol. The van der Waals surface area contributed by atoms with E-state index < -0.39 is 0 Å². The van der Waals surface area contributed by atoms with Gasteiger partial charge in [0.2, 0.25) is 0 Å². The molecule has 0 fully saturated rings. The minimum atomic E-state index is -0.309. The van der Waals surface area contributed by atoms with Crippen molar-refractivity contribution < 1.29 is 4.79 Å². The Balaban J connectivity index is 2.16.